The molecule has 1 aromatic carbocycles. The van der Waals surface area contributed by atoms with Crippen LogP contribution in [-0.4, -0.2) is 56.6 Å². The molecule has 0 atom stereocenters. The van der Waals surface area contributed by atoms with Gasteiger partial charge in [0.1, 0.15) is 12.4 Å². The summed E-state index contributed by atoms with van der Waals surface area (Å²) < 4.78 is 5.71. The third kappa shape index (κ3) is 8.44. The Kier molecular flexibility index (Phi) is 10.7. The van der Waals surface area contributed by atoms with Crippen molar-refractivity contribution < 1.29 is 9.53 Å². The van der Waals surface area contributed by atoms with Crippen molar-refractivity contribution in [2.24, 2.45) is 10.9 Å². The van der Waals surface area contributed by atoms with E-state index in [9.17, 15) is 4.79 Å². The SMILES string of the molecule is CCNC(=NCCNC(=O)C1CC1)N(C)CCOc1ccc(Cl)cc1.I. The quantitative estimate of drug-likeness (QED) is 0.240. The highest BCUT2D eigenvalue weighted by Gasteiger charge is 2.28. The van der Waals surface area contributed by atoms with Gasteiger partial charge in [-0.2, -0.15) is 0 Å². The van der Waals surface area contributed by atoms with E-state index in [0.717, 1.165) is 31.1 Å². The molecule has 1 saturated carbocycles. The fraction of sp³-hybridized carbons (Fsp3) is 0.556. The normalized spacial score (nSPS) is 13.6. The van der Waals surface area contributed by atoms with Crippen LogP contribution in [0.4, 0.5) is 0 Å². The minimum absolute atomic E-state index is 0. The molecule has 146 valence electrons. The molecule has 1 amide bonds. The second-order valence-corrected chi connectivity index (χ2v) is 6.46. The highest BCUT2D eigenvalue weighted by Crippen LogP contribution is 2.28. The standard InChI is InChI=1S/C18H27ClN4O2.HI/c1-3-20-18(22-11-10-21-17(24)14-4-5-14)23(2)12-13-25-16-8-6-15(19)7-9-16;/h6-9,14H,3-5,10-13H2,1-2H3,(H,20,22)(H,21,24);1H. The van der Waals surface area contributed by atoms with Gasteiger partial charge in [-0.1, -0.05) is 11.6 Å². The van der Waals surface area contributed by atoms with Gasteiger partial charge in [0.15, 0.2) is 5.96 Å². The number of guanidine groups is 1. The molecule has 1 aliphatic rings. The summed E-state index contributed by atoms with van der Waals surface area (Å²) in [5.41, 5.74) is 0. The molecule has 2 N–H and O–H groups in total. The summed E-state index contributed by atoms with van der Waals surface area (Å²) in [7, 11) is 1.97. The van der Waals surface area contributed by atoms with Crippen molar-refractivity contribution in [3.8, 4) is 5.75 Å². The number of likely N-dealkylation sites (N-methyl/N-ethyl adjacent to an activating group) is 1. The molecule has 0 bridgehead atoms. The average molecular weight is 495 g/mol. The summed E-state index contributed by atoms with van der Waals surface area (Å²) >= 11 is 5.86. The Morgan fingerprint density at radius 1 is 1.31 bits per heavy atom. The number of nitrogens with one attached hydrogen (secondary N) is 2. The van der Waals surface area contributed by atoms with Crippen molar-refractivity contribution >= 4 is 47.4 Å². The van der Waals surface area contributed by atoms with Crippen LogP contribution in [0.25, 0.3) is 0 Å². The van der Waals surface area contributed by atoms with E-state index in [4.69, 9.17) is 16.3 Å². The van der Waals surface area contributed by atoms with E-state index in [0.29, 0.717) is 31.3 Å². The lowest BCUT2D eigenvalue weighted by Crippen LogP contribution is -2.41. The maximum atomic E-state index is 11.6. The molecule has 1 fully saturated rings. The monoisotopic (exact) mass is 494 g/mol. The molecule has 8 heteroatoms. The van der Waals surface area contributed by atoms with Crippen LogP contribution in [0, 0.1) is 5.92 Å². The van der Waals surface area contributed by atoms with E-state index in [1.54, 1.807) is 0 Å². The molecule has 2 rings (SSSR count). The van der Waals surface area contributed by atoms with Crippen molar-refractivity contribution in [1.29, 1.82) is 0 Å². The summed E-state index contributed by atoms with van der Waals surface area (Å²) in [6, 6.07) is 7.32. The second kappa shape index (κ2) is 12.2. The van der Waals surface area contributed by atoms with Crippen molar-refractivity contribution in [1.82, 2.24) is 15.5 Å². The first kappa shape index (κ1) is 22.8. The van der Waals surface area contributed by atoms with Crippen molar-refractivity contribution in [2.75, 3.05) is 39.8 Å². The molecule has 1 aromatic rings. The summed E-state index contributed by atoms with van der Waals surface area (Å²) in [6.07, 6.45) is 2.04. The number of aliphatic imine (C=N–C) groups is 1. The zero-order valence-electron chi connectivity index (χ0n) is 15.3. The molecular formula is C18H28ClIN4O2. The van der Waals surface area contributed by atoms with Crippen molar-refractivity contribution in [2.45, 2.75) is 19.8 Å². The zero-order valence-corrected chi connectivity index (χ0v) is 18.4. The topological polar surface area (TPSA) is 66.0 Å². The highest BCUT2D eigenvalue weighted by molar-refractivity contribution is 14.0. The summed E-state index contributed by atoms with van der Waals surface area (Å²) in [6.45, 7) is 5.18. The molecule has 0 spiro atoms. The Morgan fingerprint density at radius 2 is 2.00 bits per heavy atom. The van der Waals surface area contributed by atoms with Gasteiger partial charge in [-0.3, -0.25) is 9.79 Å². The lowest BCUT2D eigenvalue weighted by atomic mass is 10.3. The van der Waals surface area contributed by atoms with Gasteiger partial charge in [-0.05, 0) is 44.0 Å². The second-order valence-electron chi connectivity index (χ2n) is 6.02. The Labute approximate surface area is 177 Å². The largest absolute Gasteiger partial charge is 0.492 e. The van der Waals surface area contributed by atoms with Crippen LogP contribution in [0.5, 0.6) is 5.75 Å². The molecule has 0 aromatic heterocycles. The van der Waals surface area contributed by atoms with Crippen LogP contribution in [0.15, 0.2) is 29.3 Å². The number of hydrogen-bond acceptors (Lipinski definition) is 3. The Hall–Kier alpha value is -1.22. The van der Waals surface area contributed by atoms with Gasteiger partial charge >= 0.3 is 0 Å². The van der Waals surface area contributed by atoms with Crippen LogP contribution in [-0.2, 0) is 4.79 Å². The van der Waals surface area contributed by atoms with E-state index < -0.39 is 0 Å². The number of carbonyl (C=O) groups is 1. The van der Waals surface area contributed by atoms with Crippen LogP contribution >= 0.6 is 35.6 Å². The van der Waals surface area contributed by atoms with Gasteiger partial charge < -0.3 is 20.3 Å². The van der Waals surface area contributed by atoms with Gasteiger partial charge in [0.05, 0.1) is 13.1 Å². The number of amides is 1. The van der Waals surface area contributed by atoms with Gasteiger partial charge in [0.25, 0.3) is 0 Å². The maximum absolute atomic E-state index is 11.6. The van der Waals surface area contributed by atoms with Gasteiger partial charge in [0.2, 0.25) is 5.91 Å². The maximum Gasteiger partial charge on any atom is 0.223 e. The lowest BCUT2D eigenvalue weighted by Gasteiger charge is -2.22. The van der Waals surface area contributed by atoms with Gasteiger partial charge in [-0.25, -0.2) is 0 Å². The van der Waals surface area contributed by atoms with E-state index in [1.807, 2.05) is 43.1 Å². The van der Waals surface area contributed by atoms with Gasteiger partial charge in [0, 0.05) is 31.1 Å². The Balaban J connectivity index is 0.00000338. The third-order valence-corrected chi connectivity index (χ3v) is 4.08. The number of ether oxygens (including phenoxy) is 1. The third-order valence-electron chi connectivity index (χ3n) is 3.83. The molecular weight excluding hydrogens is 467 g/mol. The lowest BCUT2D eigenvalue weighted by molar-refractivity contribution is -0.122. The first-order valence-corrected chi connectivity index (χ1v) is 9.13. The number of rotatable bonds is 9. The Morgan fingerprint density at radius 3 is 2.62 bits per heavy atom. The van der Waals surface area contributed by atoms with E-state index in [1.165, 1.54) is 0 Å². The molecule has 0 heterocycles. The number of hydrogen-bond donors (Lipinski definition) is 2. The summed E-state index contributed by atoms with van der Waals surface area (Å²) in [5, 5.41) is 6.87. The Bertz CT molecular complexity index is 579. The van der Waals surface area contributed by atoms with Crippen molar-refractivity contribution in [3.05, 3.63) is 29.3 Å². The molecule has 26 heavy (non-hydrogen) atoms. The fourth-order valence-corrected chi connectivity index (χ4v) is 2.36. The van der Waals surface area contributed by atoms with Crippen LogP contribution in [0.1, 0.15) is 19.8 Å². The van der Waals surface area contributed by atoms with Crippen LogP contribution in [0.3, 0.4) is 0 Å². The number of nitrogens with zero attached hydrogens (tertiary/aromatic N) is 2. The predicted molar refractivity (Wildman–Crippen MR) is 117 cm³/mol. The minimum atomic E-state index is 0. The molecule has 0 radical (unpaired) electrons. The van der Waals surface area contributed by atoms with Crippen molar-refractivity contribution in [3.63, 3.8) is 0 Å². The first-order chi connectivity index (χ1) is 12.1. The number of halogens is 2. The van der Waals surface area contributed by atoms with Crippen LogP contribution in [0.2, 0.25) is 5.02 Å². The summed E-state index contributed by atoms with van der Waals surface area (Å²) in [4.78, 5) is 18.2. The number of benzene rings is 1. The molecule has 1 aliphatic carbocycles. The van der Waals surface area contributed by atoms with Gasteiger partial charge in [-0.15, -0.1) is 24.0 Å². The molecule has 6 nitrogen and oxygen atoms in total. The molecule has 0 aliphatic heterocycles. The summed E-state index contributed by atoms with van der Waals surface area (Å²) in [5.74, 6) is 2.00. The van der Waals surface area contributed by atoms with E-state index >= 15 is 0 Å². The van der Waals surface area contributed by atoms with E-state index in [2.05, 4.69) is 15.6 Å². The average Bonchev–Trinajstić information content (AvgIpc) is 3.44. The predicted octanol–water partition coefficient (Wildman–Crippen LogP) is 2.76. The number of carbonyl (C=O) groups excluding carboxylic acids is 1. The van der Waals surface area contributed by atoms with Crippen LogP contribution < -0.4 is 15.4 Å². The first-order valence-electron chi connectivity index (χ1n) is 8.75. The van der Waals surface area contributed by atoms with E-state index in [-0.39, 0.29) is 35.8 Å². The molecule has 0 unspecified atom stereocenters. The highest BCUT2D eigenvalue weighted by atomic mass is 127. The smallest absolute Gasteiger partial charge is 0.223 e. The molecule has 0 saturated heterocycles. The zero-order chi connectivity index (χ0) is 18.1. The fourth-order valence-electron chi connectivity index (χ4n) is 2.24. The minimum Gasteiger partial charge on any atom is -0.492 e.